The fourth-order valence-electron chi connectivity index (χ4n) is 4.18. The summed E-state index contributed by atoms with van der Waals surface area (Å²) in [6.45, 7) is 12.6. The first-order valence-corrected chi connectivity index (χ1v) is 10.3. The van der Waals surface area contributed by atoms with E-state index in [0.29, 0.717) is 10.9 Å². The predicted octanol–water partition coefficient (Wildman–Crippen LogP) is 6.29. The lowest BCUT2D eigenvalue weighted by molar-refractivity contribution is 0.0912. The number of carbonyl (C=O) groups excluding carboxylic acids is 1. The number of fused-ring (bicyclic) bond motifs is 1. The third-order valence-corrected chi connectivity index (χ3v) is 5.66. The molecule has 0 bridgehead atoms. The summed E-state index contributed by atoms with van der Waals surface area (Å²) in [7, 11) is 0. The molecule has 1 heterocycles. The first kappa shape index (κ1) is 20.8. The Morgan fingerprint density at radius 3 is 2.58 bits per heavy atom. The zero-order valence-corrected chi connectivity index (χ0v) is 17.6. The second-order valence-electron chi connectivity index (χ2n) is 7.87. The van der Waals surface area contributed by atoms with Crippen molar-refractivity contribution in [1.29, 1.82) is 0 Å². The molecule has 1 aromatic heterocycles. The minimum Gasteiger partial charge on any atom is -0.351 e. The van der Waals surface area contributed by atoms with Gasteiger partial charge in [-0.05, 0) is 55.7 Å². The fraction of sp³-hybridized carbons (Fsp3) is 0.591. The number of benzene rings is 1. The van der Waals surface area contributed by atoms with Crippen LogP contribution in [0, 0.1) is 11.3 Å². The SMILES string of the molecule is CCCC(CC)(CNC(=O)c1cn(CC)c2ccc(Cl)cc12)CC(C)C. The molecule has 1 atom stereocenters. The van der Waals surface area contributed by atoms with Gasteiger partial charge in [0.2, 0.25) is 0 Å². The van der Waals surface area contributed by atoms with Crippen molar-refractivity contribution >= 4 is 28.4 Å². The van der Waals surface area contributed by atoms with Crippen molar-refractivity contribution in [1.82, 2.24) is 9.88 Å². The summed E-state index contributed by atoms with van der Waals surface area (Å²) in [6, 6.07) is 5.76. The number of hydrogen-bond donors (Lipinski definition) is 1. The average Bonchev–Trinajstić information content (AvgIpc) is 2.97. The summed E-state index contributed by atoms with van der Waals surface area (Å²) >= 11 is 6.18. The molecule has 0 saturated heterocycles. The van der Waals surface area contributed by atoms with Crippen LogP contribution in [-0.4, -0.2) is 17.0 Å². The smallest absolute Gasteiger partial charge is 0.253 e. The summed E-state index contributed by atoms with van der Waals surface area (Å²) in [4.78, 5) is 13.0. The molecule has 0 aliphatic rings. The van der Waals surface area contributed by atoms with Gasteiger partial charge in [-0.1, -0.05) is 45.7 Å². The second-order valence-corrected chi connectivity index (χ2v) is 8.31. The van der Waals surface area contributed by atoms with Gasteiger partial charge in [0.05, 0.1) is 5.56 Å². The molecule has 2 aromatic rings. The molecule has 144 valence electrons. The van der Waals surface area contributed by atoms with Gasteiger partial charge in [0.15, 0.2) is 0 Å². The molecule has 26 heavy (non-hydrogen) atoms. The van der Waals surface area contributed by atoms with E-state index in [9.17, 15) is 4.79 Å². The van der Waals surface area contributed by atoms with Gasteiger partial charge < -0.3 is 9.88 Å². The van der Waals surface area contributed by atoms with Gasteiger partial charge in [-0.3, -0.25) is 4.79 Å². The van der Waals surface area contributed by atoms with Crippen molar-refractivity contribution in [2.45, 2.75) is 66.8 Å². The fourth-order valence-corrected chi connectivity index (χ4v) is 4.35. The quantitative estimate of drug-likeness (QED) is 0.548. The van der Waals surface area contributed by atoms with E-state index in [1.165, 1.54) is 0 Å². The van der Waals surface area contributed by atoms with Gasteiger partial charge in [-0.15, -0.1) is 0 Å². The first-order valence-electron chi connectivity index (χ1n) is 9.92. The van der Waals surface area contributed by atoms with E-state index in [1.807, 2.05) is 24.4 Å². The molecule has 2 rings (SSSR count). The van der Waals surface area contributed by atoms with E-state index in [2.05, 4.69) is 44.5 Å². The number of aromatic nitrogens is 1. The number of aryl methyl sites for hydroxylation is 1. The molecule has 0 spiro atoms. The molecule has 1 aromatic carbocycles. The van der Waals surface area contributed by atoms with Crippen LogP contribution in [0.5, 0.6) is 0 Å². The maximum Gasteiger partial charge on any atom is 0.253 e. The normalized spacial score (nSPS) is 14.0. The molecule has 4 heteroatoms. The number of nitrogens with one attached hydrogen (secondary N) is 1. The third-order valence-electron chi connectivity index (χ3n) is 5.42. The maximum atomic E-state index is 13.0. The molecule has 3 nitrogen and oxygen atoms in total. The Labute approximate surface area is 163 Å². The molecule has 1 unspecified atom stereocenters. The number of rotatable bonds is 9. The Morgan fingerprint density at radius 1 is 1.27 bits per heavy atom. The van der Waals surface area contributed by atoms with Crippen LogP contribution in [0.4, 0.5) is 0 Å². The Balaban J connectivity index is 2.26. The number of amides is 1. The monoisotopic (exact) mass is 376 g/mol. The van der Waals surface area contributed by atoms with Gasteiger partial charge in [0.25, 0.3) is 5.91 Å². The Bertz CT molecular complexity index is 750. The lowest BCUT2D eigenvalue weighted by Gasteiger charge is -2.34. The van der Waals surface area contributed by atoms with Crippen molar-refractivity contribution in [2.24, 2.45) is 11.3 Å². The van der Waals surface area contributed by atoms with Gasteiger partial charge in [-0.2, -0.15) is 0 Å². The van der Waals surface area contributed by atoms with Crippen LogP contribution < -0.4 is 5.32 Å². The summed E-state index contributed by atoms with van der Waals surface area (Å²) in [5.41, 5.74) is 1.95. The first-order chi connectivity index (χ1) is 12.4. The third kappa shape index (κ3) is 4.62. The zero-order valence-electron chi connectivity index (χ0n) is 16.9. The lowest BCUT2D eigenvalue weighted by Crippen LogP contribution is -2.38. The van der Waals surface area contributed by atoms with Crippen molar-refractivity contribution in [3.8, 4) is 0 Å². The molecular weight excluding hydrogens is 344 g/mol. The molecule has 0 aliphatic carbocycles. The van der Waals surface area contributed by atoms with E-state index in [4.69, 9.17) is 11.6 Å². The molecular formula is C22H33ClN2O. The molecule has 1 N–H and O–H groups in total. The zero-order chi connectivity index (χ0) is 19.3. The largest absolute Gasteiger partial charge is 0.351 e. The van der Waals surface area contributed by atoms with Crippen LogP contribution in [0.25, 0.3) is 10.9 Å². The molecule has 0 saturated carbocycles. The van der Waals surface area contributed by atoms with E-state index < -0.39 is 0 Å². The standard InChI is InChI=1S/C22H33ClN2O/c1-6-11-22(7-2,13-16(4)5)15-24-21(26)19-14-25(8-3)20-10-9-17(23)12-18(19)20/h9-10,12,14,16H,6-8,11,13,15H2,1-5H3,(H,24,26). The van der Waals surface area contributed by atoms with Crippen molar-refractivity contribution < 1.29 is 4.79 Å². The molecule has 0 aliphatic heterocycles. The van der Waals surface area contributed by atoms with Crippen molar-refractivity contribution in [2.75, 3.05) is 6.54 Å². The highest BCUT2D eigenvalue weighted by Gasteiger charge is 2.29. The highest BCUT2D eigenvalue weighted by molar-refractivity contribution is 6.31. The Kier molecular flexibility index (Phi) is 7.16. The summed E-state index contributed by atoms with van der Waals surface area (Å²) in [5.74, 6) is 0.626. The lowest BCUT2D eigenvalue weighted by atomic mass is 9.74. The number of halogens is 1. The van der Waals surface area contributed by atoms with Gasteiger partial charge in [0, 0.05) is 35.2 Å². The number of hydrogen-bond acceptors (Lipinski definition) is 1. The van der Waals surface area contributed by atoms with Gasteiger partial charge >= 0.3 is 0 Å². The molecule has 0 radical (unpaired) electrons. The number of nitrogens with zero attached hydrogens (tertiary/aromatic N) is 1. The second kappa shape index (κ2) is 8.94. The van der Waals surface area contributed by atoms with Crippen LogP contribution >= 0.6 is 11.6 Å². The molecule has 1 amide bonds. The topological polar surface area (TPSA) is 34.0 Å². The maximum absolute atomic E-state index is 13.0. The van der Waals surface area contributed by atoms with Crippen LogP contribution in [0.3, 0.4) is 0 Å². The minimum absolute atomic E-state index is 0.00199. The Morgan fingerprint density at radius 2 is 2.00 bits per heavy atom. The highest BCUT2D eigenvalue weighted by Crippen LogP contribution is 2.35. The van der Waals surface area contributed by atoms with Gasteiger partial charge in [-0.25, -0.2) is 0 Å². The van der Waals surface area contributed by atoms with Crippen LogP contribution in [0.1, 0.15) is 70.7 Å². The minimum atomic E-state index is 0.00199. The van der Waals surface area contributed by atoms with Gasteiger partial charge in [0.1, 0.15) is 0 Å². The van der Waals surface area contributed by atoms with Crippen molar-refractivity contribution in [3.63, 3.8) is 0 Å². The highest BCUT2D eigenvalue weighted by atomic mass is 35.5. The van der Waals surface area contributed by atoms with E-state index >= 15 is 0 Å². The van der Waals surface area contributed by atoms with Crippen LogP contribution in [0.2, 0.25) is 5.02 Å². The number of carbonyl (C=O) groups is 1. The Hall–Kier alpha value is -1.48. The van der Waals surface area contributed by atoms with E-state index in [0.717, 1.165) is 55.2 Å². The summed E-state index contributed by atoms with van der Waals surface area (Å²) in [6.07, 6.45) is 6.46. The van der Waals surface area contributed by atoms with Crippen LogP contribution in [-0.2, 0) is 6.54 Å². The molecule has 0 fully saturated rings. The van der Waals surface area contributed by atoms with E-state index in [1.54, 1.807) is 0 Å². The van der Waals surface area contributed by atoms with Crippen molar-refractivity contribution in [3.05, 3.63) is 35.0 Å². The van der Waals surface area contributed by atoms with E-state index in [-0.39, 0.29) is 11.3 Å². The van der Waals surface area contributed by atoms with Crippen LogP contribution in [0.15, 0.2) is 24.4 Å². The predicted molar refractivity (Wildman–Crippen MR) is 112 cm³/mol. The average molecular weight is 377 g/mol. The summed E-state index contributed by atoms with van der Waals surface area (Å²) in [5, 5.41) is 4.82. The summed E-state index contributed by atoms with van der Waals surface area (Å²) < 4.78 is 2.10.